The molecule has 0 unspecified atom stereocenters. The third-order valence-electron chi connectivity index (χ3n) is 5.90. The number of halogens is 2. The van der Waals surface area contributed by atoms with Gasteiger partial charge in [-0.25, -0.2) is 4.79 Å². The summed E-state index contributed by atoms with van der Waals surface area (Å²) in [5, 5.41) is 3.85. The molecule has 2 heterocycles. The average Bonchev–Trinajstić information content (AvgIpc) is 3.21. The van der Waals surface area contributed by atoms with E-state index >= 15 is 0 Å². The number of fused-ring (bicyclic) bond motifs is 1. The van der Waals surface area contributed by atoms with Crippen LogP contribution in [-0.2, 0) is 6.54 Å². The number of imidazole rings is 1. The first-order valence-corrected chi connectivity index (χ1v) is 12.3. The van der Waals surface area contributed by atoms with Gasteiger partial charge in [-0.3, -0.25) is 9.36 Å². The number of amides is 1. The minimum absolute atomic E-state index is 0.122. The molecule has 2 N–H and O–H groups in total. The van der Waals surface area contributed by atoms with Crippen LogP contribution in [0.4, 0.5) is 0 Å². The molecule has 7 nitrogen and oxygen atoms in total. The van der Waals surface area contributed by atoms with Crippen LogP contribution in [0.3, 0.4) is 0 Å². The largest absolute Gasteiger partial charge is 0.439 e. The van der Waals surface area contributed by atoms with Crippen molar-refractivity contribution in [2.45, 2.75) is 19.5 Å². The smallest absolute Gasteiger partial charge is 0.327 e. The summed E-state index contributed by atoms with van der Waals surface area (Å²) >= 11 is 12.1. The van der Waals surface area contributed by atoms with Gasteiger partial charge in [0, 0.05) is 11.6 Å². The van der Waals surface area contributed by atoms with Crippen molar-refractivity contribution in [2.24, 2.45) is 0 Å². The van der Waals surface area contributed by atoms with Gasteiger partial charge in [0.1, 0.15) is 5.75 Å². The Balaban J connectivity index is 1.31. The van der Waals surface area contributed by atoms with Crippen molar-refractivity contribution in [1.82, 2.24) is 19.9 Å². The molecule has 37 heavy (non-hydrogen) atoms. The maximum atomic E-state index is 12.7. The zero-order valence-electron chi connectivity index (χ0n) is 19.7. The van der Waals surface area contributed by atoms with Crippen molar-refractivity contribution in [3.63, 3.8) is 0 Å². The highest BCUT2D eigenvalue weighted by Gasteiger charge is 2.13. The van der Waals surface area contributed by atoms with Crippen molar-refractivity contribution in [3.05, 3.63) is 122 Å². The lowest BCUT2D eigenvalue weighted by molar-refractivity contribution is 0.0940. The number of rotatable bonds is 7. The Labute approximate surface area is 222 Å². The molecular formula is C28H22Cl2N4O3. The summed E-state index contributed by atoms with van der Waals surface area (Å²) < 4.78 is 7.41. The molecule has 9 heteroatoms. The summed E-state index contributed by atoms with van der Waals surface area (Å²) in [5.74, 6) is 0.638. The van der Waals surface area contributed by atoms with Crippen LogP contribution in [0.2, 0.25) is 10.0 Å². The minimum atomic E-state index is -0.300. The first-order chi connectivity index (χ1) is 17.9. The topological polar surface area (TPSA) is 89.0 Å². The van der Waals surface area contributed by atoms with Gasteiger partial charge in [0.2, 0.25) is 5.88 Å². The Morgan fingerprint density at radius 1 is 1.00 bits per heavy atom. The van der Waals surface area contributed by atoms with E-state index in [1.807, 2.05) is 37.3 Å². The van der Waals surface area contributed by atoms with Crippen molar-refractivity contribution >= 4 is 40.3 Å². The molecule has 0 aliphatic heterocycles. The summed E-state index contributed by atoms with van der Waals surface area (Å²) in [6.45, 7) is 2.20. The van der Waals surface area contributed by atoms with E-state index in [2.05, 4.69) is 15.3 Å². The predicted octanol–water partition coefficient (Wildman–Crippen LogP) is 6.36. The maximum Gasteiger partial charge on any atom is 0.327 e. The van der Waals surface area contributed by atoms with Crippen LogP contribution in [-0.4, -0.2) is 20.4 Å². The summed E-state index contributed by atoms with van der Waals surface area (Å²) in [4.78, 5) is 32.5. The highest BCUT2D eigenvalue weighted by atomic mass is 35.5. The molecule has 0 saturated carbocycles. The quantitative estimate of drug-likeness (QED) is 0.255. The van der Waals surface area contributed by atoms with Crippen LogP contribution in [0.25, 0.3) is 11.2 Å². The van der Waals surface area contributed by atoms with E-state index in [0.29, 0.717) is 38.4 Å². The predicted molar refractivity (Wildman–Crippen MR) is 145 cm³/mol. The molecular weight excluding hydrogens is 511 g/mol. The summed E-state index contributed by atoms with van der Waals surface area (Å²) in [6.07, 6.45) is 0. The molecule has 0 saturated heterocycles. The number of aromatic nitrogens is 3. The fourth-order valence-corrected chi connectivity index (χ4v) is 4.26. The zero-order chi connectivity index (χ0) is 25.9. The minimum Gasteiger partial charge on any atom is -0.439 e. The monoisotopic (exact) mass is 532 g/mol. The lowest BCUT2D eigenvalue weighted by atomic mass is 10.1. The number of H-pyrrole nitrogens is 1. The molecule has 5 aromatic rings. The number of hydrogen-bond acceptors (Lipinski definition) is 4. The SMILES string of the molecule is C[C@H](NC(=O)c1ccc(Oc2ccc3[nH]c(=O)n(Cc4ccc(Cl)c(Cl)c4)c3n2)cc1)c1ccccc1. The summed E-state index contributed by atoms with van der Waals surface area (Å²) in [6, 6.07) is 25.0. The second kappa shape index (κ2) is 10.5. The van der Waals surface area contributed by atoms with Gasteiger partial charge in [0.15, 0.2) is 5.65 Å². The van der Waals surface area contributed by atoms with Gasteiger partial charge in [-0.1, -0.05) is 59.6 Å². The Bertz CT molecular complexity index is 1630. The van der Waals surface area contributed by atoms with Crippen LogP contribution in [0.15, 0.2) is 89.7 Å². The molecule has 0 fully saturated rings. The third kappa shape index (κ3) is 5.53. The second-order valence-corrected chi connectivity index (χ2v) is 9.33. The van der Waals surface area contributed by atoms with Gasteiger partial charge in [0.25, 0.3) is 5.91 Å². The van der Waals surface area contributed by atoms with E-state index in [4.69, 9.17) is 27.9 Å². The van der Waals surface area contributed by atoms with E-state index in [9.17, 15) is 9.59 Å². The Kier molecular flexibility index (Phi) is 6.99. The van der Waals surface area contributed by atoms with Crippen molar-refractivity contribution in [3.8, 4) is 11.6 Å². The number of nitrogens with zero attached hydrogens (tertiary/aromatic N) is 2. The number of carbonyl (C=O) groups is 1. The van der Waals surface area contributed by atoms with Crippen LogP contribution < -0.4 is 15.7 Å². The van der Waals surface area contributed by atoms with Gasteiger partial charge >= 0.3 is 5.69 Å². The van der Waals surface area contributed by atoms with Gasteiger partial charge in [-0.2, -0.15) is 4.98 Å². The molecule has 186 valence electrons. The molecule has 5 rings (SSSR count). The van der Waals surface area contributed by atoms with Crippen LogP contribution in [0.1, 0.15) is 34.5 Å². The lowest BCUT2D eigenvalue weighted by Crippen LogP contribution is -2.26. The number of pyridine rings is 1. The van der Waals surface area contributed by atoms with E-state index in [-0.39, 0.29) is 24.2 Å². The van der Waals surface area contributed by atoms with Gasteiger partial charge < -0.3 is 15.0 Å². The van der Waals surface area contributed by atoms with Gasteiger partial charge in [0.05, 0.1) is 28.1 Å². The molecule has 0 aliphatic rings. The second-order valence-electron chi connectivity index (χ2n) is 8.52. The standard InChI is InChI=1S/C28H22Cl2N4O3/c1-17(19-5-3-2-4-6-19)31-27(35)20-8-10-21(11-9-20)37-25-14-13-24-26(33-25)34(28(36)32-24)16-18-7-12-22(29)23(30)15-18/h2-15,17H,16H2,1H3,(H,31,35)(H,32,36)/t17-/m0/s1. The number of carbonyl (C=O) groups excluding carboxylic acids is 1. The molecule has 1 amide bonds. The Hall–Kier alpha value is -4.07. The first-order valence-electron chi connectivity index (χ1n) is 11.5. The van der Waals surface area contributed by atoms with E-state index in [1.54, 1.807) is 54.6 Å². The van der Waals surface area contributed by atoms with Crippen LogP contribution in [0, 0.1) is 0 Å². The molecule has 3 aromatic carbocycles. The molecule has 0 spiro atoms. The normalized spacial score (nSPS) is 11.9. The Morgan fingerprint density at radius 2 is 1.76 bits per heavy atom. The Morgan fingerprint density at radius 3 is 2.49 bits per heavy atom. The average molecular weight is 533 g/mol. The fourth-order valence-electron chi connectivity index (χ4n) is 3.94. The molecule has 0 aliphatic carbocycles. The molecule has 0 radical (unpaired) electrons. The number of aromatic amines is 1. The molecule has 2 aromatic heterocycles. The van der Waals surface area contributed by atoms with Crippen molar-refractivity contribution in [1.29, 1.82) is 0 Å². The van der Waals surface area contributed by atoms with Crippen LogP contribution >= 0.6 is 23.2 Å². The zero-order valence-corrected chi connectivity index (χ0v) is 21.3. The molecule has 1 atom stereocenters. The highest BCUT2D eigenvalue weighted by molar-refractivity contribution is 6.42. The number of hydrogen-bond donors (Lipinski definition) is 2. The first kappa shape index (κ1) is 24.6. The highest BCUT2D eigenvalue weighted by Crippen LogP contribution is 2.25. The van der Waals surface area contributed by atoms with Crippen molar-refractivity contribution in [2.75, 3.05) is 0 Å². The molecule has 0 bridgehead atoms. The fraction of sp³-hybridized carbons (Fsp3) is 0.107. The summed E-state index contributed by atoms with van der Waals surface area (Å²) in [7, 11) is 0. The number of benzene rings is 3. The van der Waals surface area contributed by atoms with E-state index < -0.39 is 0 Å². The van der Waals surface area contributed by atoms with Crippen molar-refractivity contribution < 1.29 is 9.53 Å². The maximum absolute atomic E-state index is 12.7. The van der Waals surface area contributed by atoms with E-state index in [1.165, 1.54) is 4.57 Å². The number of ether oxygens (including phenoxy) is 1. The number of nitrogens with one attached hydrogen (secondary N) is 2. The van der Waals surface area contributed by atoms with Crippen LogP contribution in [0.5, 0.6) is 11.6 Å². The lowest BCUT2D eigenvalue weighted by Gasteiger charge is -2.14. The van der Waals surface area contributed by atoms with Gasteiger partial charge in [-0.15, -0.1) is 0 Å². The van der Waals surface area contributed by atoms with Gasteiger partial charge in [-0.05, 0) is 60.5 Å². The third-order valence-corrected chi connectivity index (χ3v) is 6.64. The summed E-state index contributed by atoms with van der Waals surface area (Å²) in [5.41, 5.74) is 3.07. The van der Waals surface area contributed by atoms with E-state index in [0.717, 1.165) is 11.1 Å².